The third-order valence-electron chi connectivity index (χ3n) is 4.23. The average Bonchev–Trinajstić information content (AvgIpc) is 3.07. The van der Waals surface area contributed by atoms with Gasteiger partial charge in [0.15, 0.2) is 0 Å². The van der Waals surface area contributed by atoms with E-state index in [4.69, 9.17) is 5.73 Å². The molecule has 80 valence electrons. The maximum atomic E-state index is 6.12. The number of nitrogens with two attached hydrogens (primary N) is 1. The van der Waals surface area contributed by atoms with Crippen molar-refractivity contribution in [1.82, 2.24) is 0 Å². The maximum absolute atomic E-state index is 6.12. The number of benzene rings is 1. The molecule has 0 radical (unpaired) electrons. The molecule has 1 nitrogen and oxygen atoms in total. The monoisotopic (exact) mass is 201 g/mol. The molecule has 2 atom stereocenters. The molecule has 15 heavy (non-hydrogen) atoms. The van der Waals surface area contributed by atoms with Crippen LogP contribution >= 0.6 is 0 Å². The summed E-state index contributed by atoms with van der Waals surface area (Å²) in [7, 11) is 0. The van der Waals surface area contributed by atoms with Crippen LogP contribution in [0.5, 0.6) is 0 Å². The lowest BCUT2D eigenvalue weighted by molar-refractivity contribution is 0.599. The SMILES string of the molecule is CC1(C)[C@H](N)[C@H]1c1cccc(C2CC2)c1. The Balaban J connectivity index is 1.90. The van der Waals surface area contributed by atoms with E-state index in [1.54, 1.807) is 0 Å². The highest BCUT2D eigenvalue weighted by Gasteiger charge is 2.56. The highest BCUT2D eigenvalue weighted by Crippen LogP contribution is 2.57. The molecule has 1 aromatic carbocycles. The first-order valence-electron chi connectivity index (χ1n) is 5.96. The fourth-order valence-corrected chi connectivity index (χ4v) is 2.74. The minimum absolute atomic E-state index is 0.308. The van der Waals surface area contributed by atoms with Crippen molar-refractivity contribution in [2.45, 2.75) is 44.6 Å². The highest BCUT2D eigenvalue weighted by atomic mass is 14.8. The summed E-state index contributed by atoms with van der Waals surface area (Å²) in [5.41, 5.74) is 9.41. The van der Waals surface area contributed by atoms with Crippen LogP contribution in [0.4, 0.5) is 0 Å². The summed E-state index contributed by atoms with van der Waals surface area (Å²) in [5.74, 6) is 1.43. The Morgan fingerprint density at radius 3 is 2.33 bits per heavy atom. The number of hydrogen-bond donors (Lipinski definition) is 1. The van der Waals surface area contributed by atoms with Crippen molar-refractivity contribution in [3.05, 3.63) is 35.4 Å². The third-order valence-corrected chi connectivity index (χ3v) is 4.23. The van der Waals surface area contributed by atoms with Crippen LogP contribution in [-0.4, -0.2) is 6.04 Å². The molecule has 2 saturated carbocycles. The first-order valence-corrected chi connectivity index (χ1v) is 5.96. The zero-order valence-electron chi connectivity index (χ0n) is 9.53. The molecule has 2 N–H and O–H groups in total. The van der Waals surface area contributed by atoms with E-state index >= 15 is 0 Å². The van der Waals surface area contributed by atoms with Gasteiger partial charge in [-0.15, -0.1) is 0 Å². The molecule has 0 aromatic heterocycles. The van der Waals surface area contributed by atoms with Crippen LogP contribution in [0.25, 0.3) is 0 Å². The lowest BCUT2D eigenvalue weighted by Gasteiger charge is -2.05. The van der Waals surface area contributed by atoms with Crippen molar-refractivity contribution in [3.8, 4) is 0 Å². The van der Waals surface area contributed by atoms with Gasteiger partial charge in [-0.05, 0) is 35.3 Å². The summed E-state index contributed by atoms with van der Waals surface area (Å²) >= 11 is 0. The number of hydrogen-bond acceptors (Lipinski definition) is 1. The topological polar surface area (TPSA) is 26.0 Å². The molecule has 0 spiro atoms. The molecule has 0 unspecified atom stereocenters. The minimum atomic E-state index is 0.308. The van der Waals surface area contributed by atoms with Crippen molar-refractivity contribution in [1.29, 1.82) is 0 Å². The van der Waals surface area contributed by atoms with Gasteiger partial charge in [0, 0.05) is 12.0 Å². The fraction of sp³-hybridized carbons (Fsp3) is 0.571. The molecular formula is C14H19N. The Morgan fingerprint density at radius 2 is 1.80 bits per heavy atom. The average molecular weight is 201 g/mol. The van der Waals surface area contributed by atoms with E-state index in [9.17, 15) is 0 Å². The van der Waals surface area contributed by atoms with Crippen LogP contribution in [0.2, 0.25) is 0 Å². The van der Waals surface area contributed by atoms with Gasteiger partial charge < -0.3 is 5.73 Å². The molecule has 0 amide bonds. The van der Waals surface area contributed by atoms with Gasteiger partial charge in [-0.25, -0.2) is 0 Å². The lowest BCUT2D eigenvalue weighted by atomic mass is 10.00. The van der Waals surface area contributed by atoms with Crippen LogP contribution in [0, 0.1) is 5.41 Å². The van der Waals surface area contributed by atoms with Crippen molar-refractivity contribution >= 4 is 0 Å². The zero-order chi connectivity index (χ0) is 10.6. The molecular weight excluding hydrogens is 182 g/mol. The normalized spacial score (nSPS) is 32.7. The summed E-state index contributed by atoms with van der Waals surface area (Å²) in [6, 6.07) is 9.45. The Hall–Kier alpha value is -0.820. The molecule has 0 bridgehead atoms. The Labute approximate surface area is 91.7 Å². The van der Waals surface area contributed by atoms with Crippen LogP contribution < -0.4 is 5.73 Å². The Bertz CT molecular complexity index is 390. The van der Waals surface area contributed by atoms with Crippen LogP contribution in [0.1, 0.15) is 49.7 Å². The van der Waals surface area contributed by atoms with E-state index in [2.05, 4.69) is 38.1 Å². The number of rotatable bonds is 2. The van der Waals surface area contributed by atoms with Gasteiger partial charge in [0.25, 0.3) is 0 Å². The summed E-state index contributed by atoms with van der Waals surface area (Å²) in [6.45, 7) is 4.54. The molecule has 2 aliphatic carbocycles. The summed E-state index contributed by atoms with van der Waals surface area (Å²) in [5, 5.41) is 0. The van der Waals surface area contributed by atoms with Crippen molar-refractivity contribution < 1.29 is 0 Å². The van der Waals surface area contributed by atoms with Gasteiger partial charge in [0.05, 0.1) is 0 Å². The second-order valence-corrected chi connectivity index (χ2v) is 5.77. The zero-order valence-corrected chi connectivity index (χ0v) is 9.53. The quantitative estimate of drug-likeness (QED) is 0.782. The molecule has 0 aliphatic heterocycles. The van der Waals surface area contributed by atoms with E-state index in [1.807, 2.05) is 0 Å². The first kappa shape index (κ1) is 9.41. The van der Waals surface area contributed by atoms with E-state index in [1.165, 1.54) is 24.0 Å². The molecule has 2 fully saturated rings. The van der Waals surface area contributed by atoms with Crippen LogP contribution in [-0.2, 0) is 0 Å². The predicted octanol–water partition coefficient (Wildman–Crippen LogP) is 3.01. The third kappa shape index (κ3) is 1.41. The molecule has 3 rings (SSSR count). The second-order valence-electron chi connectivity index (χ2n) is 5.77. The van der Waals surface area contributed by atoms with Gasteiger partial charge >= 0.3 is 0 Å². The van der Waals surface area contributed by atoms with Gasteiger partial charge in [0.1, 0.15) is 0 Å². The lowest BCUT2D eigenvalue weighted by Crippen LogP contribution is -2.06. The van der Waals surface area contributed by atoms with Crippen molar-refractivity contribution in [2.75, 3.05) is 0 Å². The van der Waals surface area contributed by atoms with Crippen LogP contribution in [0.3, 0.4) is 0 Å². The second kappa shape index (κ2) is 2.85. The Kier molecular flexibility index (Phi) is 1.79. The highest BCUT2D eigenvalue weighted by molar-refractivity contribution is 5.38. The van der Waals surface area contributed by atoms with Gasteiger partial charge in [-0.2, -0.15) is 0 Å². The molecule has 2 aliphatic rings. The maximum Gasteiger partial charge on any atom is 0.0172 e. The smallest absolute Gasteiger partial charge is 0.0172 e. The van der Waals surface area contributed by atoms with Gasteiger partial charge in [0.2, 0.25) is 0 Å². The first-order chi connectivity index (χ1) is 7.10. The largest absolute Gasteiger partial charge is 0.327 e. The standard InChI is InChI=1S/C14H19N/c1-14(2)12(13(14)15)11-5-3-4-10(8-11)9-6-7-9/h3-5,8-9,12-13H,6-7,15H2,1-2H3/t12-,13-/m1/s1. The van der Waals surface area contributed by atoms with Gasteiger partial charge in [-0.3, -0.25) is 0 Å². The van der Waals surface area contributed by atoms with Crippen molar-refractivity contribution in [2.24, 2.45) is 11.1 Å². The molecule has 1 heteroatoms. The molecule has 1 aromatic rings. The summed E-state index contributed by atoms with van der Waals surface area (Å²) in [4.78, 5) is 0. The van der Waals surface area contributed by atoms with Crippen molar-refractivity contribution in [3.63, 3.8) is 0 Å². The van der Waals surface area contributed by atoms with Crippen LogP contribution in [0.15, 0.2) is 24.3 Å². The minimum Gasteiger partial charge on any atom is -0.327 e. The van der Waals surface area contributed by atoms with E-state index in [-0.39, 0.29) is 0 Å². The Morgan fingerprint density at radius 1 is 1.20 bits per heavy atom. The van der Waals surface area contributed by atoms with Gasteiger partial charge in [-0.1, -0.05) is 38.1 Å². The molecule has 0 saturated heterocycles. The van der Waals surface area contributed by atoms with E-state index < -0.39 is 0 Å². The predicted molar refractivity (Wildman–Crippen MR) is 62.9 cm³/mol. The molecule has 0 heterocycles. The summed E-state index contributed by atoms with van der Waals surface area (Å²) in [6.07, 6.45) is 2.76. The fourth-order valence-electron chi connectivity index (χ4n) is 2.74. The van der Waals surface area contributed by atoms with E-state index in [0.29, 0.717) is 17.4 Å². The summed E-state index contributed by atoms with van der Waals surface area (Å²) < 4.78 is 0. The van der Waals surface area contributed by atoms with E-state index in [0.717, 1.165) is 5.92 Å².